The number of benzene rings is 1. The molecule has 0 heterocycles. The number of rotatable bonds is 4. The van der Waals surface area contributed by atoms with E-state index in [-0.39, 0.29) is 11.7 Å². The third kappa shape index (κ3) is 4.07. The molecule has 5 nitrogen and oxygen atoms in total. The van der Waals surface area contributed by atoms with Crippen LogP contribution in [0, 0.1) is 6.92 Å². The second kappa shape index (κ2) is 5.18. The van der Waals surface area contributed by atoms with E-state index in [1.54, 1.807) is 25.1 Å². The maximum absolute atomic E-state index is 11.4. The van der Waals surface area contributed by atoms with E-state index >= 15 is 0 Å². The standard InChI is InChI=1S/C11H16N2O3S/c1-4-17(15,16)13-10-6-5-8(2)11(7-10)12-9(3)14/h5-7,13H,4H2,1-3H3,(H,12,14). The highest BCUT2D eigenvalue weighted by atomic mass is 32.2. The topological polar surface area (TPSA) is 75.3 Å². The molecule has 17 heavy (non-hydrogen) atoms. The molecule has 0 saturated heterocycles. The Morgan fingerprint density at radius 1 is 1.35 bits per heavy atom. The Hall–Kier alpha value is -1.56. The molecule has 0 aromatic heterocycles. The van der Waals surface area contributed by atoms with Crippen LogP contribution < -0.4 is 10.0 Å². The van der Waals surface area contributed by atoms with Crippen LogP contribution in [-0.2, 0) is 14.8 Å². The van der Waals surface area contributed by atoms with Crippen LogP contribution in [0.3, 0.4) is 0 Å². The lowest BCUT2D eigenvalue weighted by Crippen LogP contribution is -2.15. The lowest BCUT2D eigenvalue weighted by molar-refractivity contribution is -0.114. The van der Waals surface area contributed by atoms with E-state index in [4.69, 9.17) is 0 Å². The van der Waals surface area contributed by atoms with Crippen LogP contribution in [0.1, 0.15) is 19.4 Å². The SMILES string of the molecule is CCS(=O)(=O)Nc1ccc(C)c(NC(C)=O)c1. The average Bonchev–Trinajstić information content (AvgIpc) is 2.22. The second-order valence-electron chi connectivity index (χ2n) is 3.72. The molecule has 1 aromatic carbocycles. The van der Waals surface area contributed by atoms with Gasteiger partial charge in [-0.3, -0.25) is 9.52 Å². The number of nitrogens with one attached hydrogen (secondary N) is 2. The second-order valence-corrected chi connectivity index (χ2v) is 5.73. The number of carbonyl (C=O) groups excluding carboxylic acids is 1. The molecule has 0 atom stereocenters. The number of aryl methyl sites for hydroxylation is 1. The van der Waals surface area contributed by atoms with Crippen molar-refractivity contribution >= 4 is 27.3 Å². The number of amides is 1. The Morgan fingerprint density at radius 3 is 2.53 bits per heavy atom. The first kappa shape index (κ1) is 13.5. The molecule has 0 bridgehead atoms. The van der Waals surface area contributed by atoms with Crippen LogP contribution in [0.25, 0.3) is 0 Å². The van der Waals surface area contributed by atoms with E-state index in [0.29, 0.717) is 11.4 Å². The van der Waals surface area contributed by atoms with Gasteiger partial charge in [0, 0.05) is 12.6 Å². The van der Waals surface area contributed by atoms with Crippen molar-refractivity contribution in [2.24, 2.45) is 0 Å². The predicted octanol–water partition coefficient (Wildman–Crippen LogP) is 1.72. The maximum Gasteiger partial charge on any atom is 0.232 e. The van der Waals surface area contributed by atoms with Crippen molar-refractivity contribution in [2.45, 2.75) is 20.8 Å². The fourth-order valence-electron chi connectivity index (χ4n) is 1.26. The largest absolute Gasteiger partial charge is 0.326 e. The zero-order valence-corrected chi connectivity index (χ0v) is 10.9. The lowest BCUT2D eigenvalue weighted by atomic mass is 10.2. The summed E-state index contributed by atoms with van der Waals surface area (Å²) in [6.07, 6.45) is 0. The monoisotopic (exact) mass is 256 g/mol. The zero-order chi connectivity index (χ0) is 13.1. The van der Waals surface area contributed by atoms with Gasteiger partial charge in [-0.1, -0.05) is 6.07 Å². The molecule has 0 aliphatic rings. The first-order valence-electron chi connectivity index (χ1n) is 5.23. The van der Waals surface area contributed by atoms with Gasteiger partial charge in [-0.2, -0.15) is 0 Å². The molecule has 94 valence electrons. The smallest absolute Gasteiger partial charge is 0.232 e. The highest BCUT2D eigenvalue weighted by molar-refractivity contribution is 7.92. The van der Waals surface area contributed by atoms with Crippen LogP contribution >= 0.6 is 0 Å². The highest BCUT2D eigenvalue weighted by Crippen LogP contribution is 2.21. The summed E-state index contributed by atoms with van der Waals surface area (Å²) in [6.45, 7) is 4.80. The molecule has 0 unspecified atom stereocenters. The maximum atomic E-state index is 11.4. The number of carbonyl (C=O) groups is 1. The van der Waals surface area contributed by atoms with Gasteiger partial charge in [0.15, 0.2) is 0 Å². The Labute approximate surface area is 101 Å². The van der Waals surface area contributed by atoms with E-state index in [9.17, 15) is 13.2 Å². The van der Waals surface area contributed by atoms with Crippen molar-refractivity contribution < 1.29 is 13.2 Å². The molecule has 6 heteroatoms. The fourth-order valence-corrected chi connectivity index (χ4v) is 1.89. The summed E-state index contributed by atoms with van der Waals surface area (Å²) in [6, 6.07) is 5.01. The summed E-state index contributed by atoms with van der Waals surface area (Å²) in [7, 11) is -3.29. The normalized spacial score (nSPS) is 11.0. The molecule has 0 aliphatic carbocycles. The Morgan fingerprint density at radius 2 is 2.00 bits per heavy atom. The number of hydrogen-bond acceptors (Lipinski definition) is 3. The van der Waals surface area contributed by atoms with Crippen molar-refractivity contribution in [3.63, 3.8) is 0 Å². The van der Waals surface area contributed by atoms with Crippen LogP contribution in [0.5, 0.6) is 0 Å². The third-order valence-corrected chi connectivity index (χ3v) is 3.51. The van der Waals surface area contributed by atoms with Gasteiger partial charge in [0.1, 0.15) is 0 Å². The lowest BCUT2D eigenvalue weighted by Gasteiger charge is -2.10. The van der Waals surface area contributed by atoms with E-state index in [2.05, 4.69) is 10.0 Å². The summed E-state index contributed by atoms with van der Waals surface area (Å²) in [5.41, 5.74) is 1.93. The molecule has 0 radical (unpaired) electrons. The molecular weight excluding hydrogens is 240 g/mol. The van der Waals surface area contributed by atoms with Crippen LogP contribution in [0.4, 0.5) is 11.4 Å². The molecule has 0 spiro atoms. The van der Waals surface area contributed by atoms with Gasteiger partial charge in [0.2, 0.25) is 15.9 Å². The Bertz CT molecular complexity index is 524. The van der Waals surface area contributed by atoms with Gasteiger partial charge >= 0.3 is 0 Å². The molecule has 1 aromatic rings. The molecule has 1 amide bonds. The third-order valence-electron chi connectivity index (χ3n) is 2.20. The minimum atomic E-state index is -3.29. The first-order chi connectivity index (χ1) is 7.84. The summed E-state index contributed by atoms with van der Waals surface area (Å²) in [5, 5.41) is 2.64. The quantitative estimate of drug-likeness (QED) is 0.861. The zero-order valence-electron chi connectivity index (χ0n) is 10.1. The molecule has 1 rings (SSSR count). The van der Waals surface area contributed by atoms with Gasteiger partial charge < -0.3 is 5.32 Å². The number of hydrogen-bond donors (Lipinski definition) is 2. The minimum absolute atomic E-state index is 0.0103. The van der Waals surface area contributed by atoms with Gasteiger partial charge in [-0.05, 0) is 31.5 Å². The highest BCUT2D eigenvalue weighted by Gasteiger charge is 2.08. The van der Waals surface area contributed by atoms with Crippen molar-refractivity contribution in [3.8, 4) is 0 Å². The van der Waals surface area contributed by atoms with Crippen molar-refractivity contribution in [3.05, 3.63) is 23.8 Å². The Balaban J connectivity index is 3.00. The van der Waals surface area contributed by atoms with Gasteiger partial charge in [-0.15, -0.1) is 0 Å². The minimum Gasteiger partial charge on any atom is -0.326 e. The summed E-state index contributed by atoms with van der Waals surface area (Å²) >= 11 is 0. The summed E-state index contributed by atoms with van der Waals surface area (Å²) in [5.74, 6) is -0.181. The van der Waals surface area contributed by atoms with Gasteiger partial charge in [-0.25, -0.2) is 8.42 Å². The molecule has 0 aliphatic heterocycles. The molecule has 0 saturated carbocycles. The van der Waals surface area contributed by atoms with Crippen molar-refractivity contribution in [1.82, 2.24) is 0 Å². The van der Waals surface area contributed by atoms with Crippen molar-refractivity contribution in [2.75, 3.05) is 15.8 Å². The molecule has 2 N–H and O–H groups in total. The van der Waals surface area contributed by atoms with Gasteiger partial charge in [0.25, 0.3) is 0 Å². The summed E-state index contributed by atoms with van der Waals surface area (Å²) < 4.78 is 25.2. The predicted molar refractivity (Wildman–Crippen MR) is 68.6 cm³/mol. The van der Waals surface area contributed by atoms with Crippen LogP contribution in [0.15, 0.2) is 18.2 Å². The van der Waals surface area contributed by atoms with Crippen LogP contribution in [0.2, 0.25) is 0 Å². The molecular formula is C11H16N2O3S. The molecule has 0 fully saturated rings. The van der Waals surface area contributed by atoms with Crippen molar-refractivity contribution in [1.29, 1.82) is 0 Å². The van der Waals surface area contributed by atoms with E-state index in [0.717, 1.165) is 5.56 Å². The van der Waals surface area contributed by atoms with E-state index < -0.39 is 10.0 Å². The van der Waals surface area contributed by atoms with E-state index in [1.807, 2.05) is 6.92 Å². The average molecular weight is 256 g/mol. The van der Waals surface area contributed by atoms with E-state index in [1.165, 1.54) is 6.92 Å². The number of sulfonamides is 1. The van der Waals surface area contributed by atoms with Crippen LogP contribution in [-0.4, -0.2) is 20.1 Å². The Kier molecular flexibility index (Phi) is 4.11. The van der Waals surface area contributed by atoms with Gasteiger partial charge in [0.05, 0.1) is 11.4 Å². The fraction of sp³-hybridized carbons (Fsp3) is 0.364. The first-order valence-corrected chi connectivity index (χ1v) is 6.88. The summed E-state index contributed by atoms with van der Waals surface area (Å²) in [4.78, 5) is 11.0. The number of anilines is 2.